The van der Waals surface area contributed by atoms with Crippen LogP contribution < -0.4 is 5.32 Å². The third-order valence-corrected chi connectivity index (χ3v) is 4.88. The SMILES string of the molecule is CCCCCCC(C)NC(=O)CC(C)(C)CC(=O)N1CCCCC1. The third-order valence-electron chi connectivity index (χ3n) is 4.88. The number of hydrogen-bond acceptors (Lipinski definition) is 2. The number of nitrogens with zero attached hydrogens (tertiary/aromatic N) is 1. The Balaban J connectivity index is 2.30. The van der Waals surface area contributed by atoms with E-state index in [9.17, 15) is 9.59 Å². The molecule has 0 saturated carbocycles. The Morgan fingerprint density at radius 1 is 1.04 bits per heavy atom. The summed E-state index contributed by atoms with van der Waals surface area (Å²) < 4.78 is 0. The van der Waals surface area contributed by atoms with Crippen LogP contribution in [0.2, 0.25) is 0 Å². The first kappa shape index (κ1) is 21.0. The molecule has 0 aliphatic carbocycles. The standard InChI is InChI=1S/C20H38N2O2/c1-5-6-7-9-12-17(2)21-18(23)15-20(3,4)16-19(24)22-13-10-8-11-14-22/h17H,5-16H2,1-4H3,(H,21,23). The van der Waals surface area contributed by atoms with Crippen LogP contribution in [0.3, 0.4) is 0 Å². The molecule has 4 heteroatoms. The molecule has 0 aromatic heterocycles. The van der Waals surface area contributed by atoms with E-state index < -0.39 is 0 Å². The van der Waals surface area contributed by atoms with E-state index in [0.717, 1.165) is 32.4 Å². The normalized spacial score (nSPS) is 16.8. The number of rotatable bonds is 10. The zero-order valence-electron chi connectivity index (χ0n) is 16.3. The Hall–Kier alpha value is -1.06. The monoisotopic (exact) mass is 338 g/mol. The van der Waals surface area contributed by atoms with E-state index in [2.05, 4.69) is 19.2 Å². The molecular weight excluding hydrogens is 300 g/mol. The predicted octanol–water partition coefficient (Wildman–Crippen LogP) is 4.28. The molecule has 1 N–H and O–H groups in total. The van der Waals surface area contributed by atoms with Crippen molar-refractivity contribution in [2.45, 2.75) is 97.9 Å². The van der Waals surface area contributed by atoms with Crippen molar-refractivity contribution in [1.82, 2.24) is 10.2 Å². The molecule has 0 radical (unpaired) electrons. The van der Waals surface area contributed by atoms with E-state index in [1.165, 1.54) is 32.1 Å². The molecule has 1 fully saturated rings. The van der Waals surface area contributed by atoms with Gasteiger partial charge in [0.1, 0.15) is 0 Å². The van der Waals surface area contributed by atoms with Crippen molar-refractivity contribution in [2.24, 2.45) is 5.41 Å². The van der Waals surface area contributed by atoms with Gasteiger partial charge in [-0.25, -0.2) is 0 Å². The van der Waals surface area contributed by atoms with Gasteiger partial charge in [0.2, 0.25) is 11.8 Å². The highest BCUT2D eigenvalue weighted by Crippen LogP contribution is 2.27. The van der Waals surface area contributed by atoms with Crippen LogP contribution in [0.25, 0.3) is 0 Å². The van der Waals surface area contributed by atoms with Gasteiger partial charge in [-0.05, 0) is 38.0 Å². The van der Waals surface area contributed by atoms with Gasteiger partial charge in [0.05, 0.1) is 0 Å². The number of carbonyl (C=O) groups is 2. The molecule has 0 spiro atoms. The average Bonchev–Trinajstić information content (AvgIpc) is 2.51. The first-order valence-electron chi connectivity index (χ1n) is 9.91. The maximum atomic E-state index is 12.4. The third kappa shape index (κ3) is 8.70. The minimum Gasteiger partial charge on any atom is -0.354 e. The second kappa shape index (κ2) is 10.7. The van der Waals surface area contributed by atoms with Crippen LogP contribution in [0.5, 0.6) is 0 Å². The Morgan fingerprint density at radius 3 is 2.33 bits per heavy atom. The summed E-state index contributed by atoms with van der Waals surface area (Å²) in [6.45, 7) is 10.1. The molecule has 1 aliphatic heterocycles. The lowest BCUT2D eigenvalue weighted by Crippen LogP contribution is -2.40. The van der Waals surface area contributed by atoms with Crippen molar-refractivity contribution in [1.29, 1.82) is 0 Å². The van der Waals surface area contributed by atoms with Crippen molar-refractivity contribution in [2.75, 3.05) is 13.1 Å². The van der Waals surface area contributed by atoms with Crippen LogP contribution in [-0.2, 0) is 9.59 Å². The van der Waals surface area contributed by atoms with Crippen LogP contribution in [0, 0.1) is 5.41 Å². The highest BCUT2D eigenvalue weighted by molar-refractivity contribution is 5.80. The number of nitrogens with one attached hydrogen (secondary N) is 1. The summed E-state index contributed by atoms with van der Waals surface area (Å²) in [4.78, 5) is 26.7. The lowest BCUT2D eigenvalue weighted by molar-refractivity contribution is -0.135. The maximum Gasteiger partial charge on any atom is 0.223 e. The van der Waals surface area contributed by atoms with Crippen LogP contribution in [0.1, 0.15) is 91.9 Å². The first-order chi connectivity index (χ1) is 11.3. The fraction of sp³-hybridized carbons (Fsp3) is 0.900. The zero-order valence-corrected chi connectivity index (χ0v) is 16.3. The Bertz CT molecular complexity index is 387. The molecule has 2 amide bonds. The fourth-order valence-corrected chi connectivity index (χ4v) is 3.44. The van der Waals surface area contributed by atoms with Gasteiger partial charge in [-0.15, -0.1) is 0 Å². The van der Waals surface area contributed by atoms with Crippen LogP contribution in [-0.4, -0.2) is 35.8 Å². The maximum absolute atomic E-state index is 12.4. The van der Waals surface area contributed by atoms with Crippen LogP contribution in [0.15, 0.2) is 0 Å². The van der Waals surface area contributed by atoms with Crippen LogP contribution >= 0.6 is 0 Å². The topological polar surface area (TPSA) is 49.4 Å². The summed E-state index contributed by atoms with van der Waals surface area (Å²) in [5.74, 6) is 0.287. The molecule has 1 saturated heterocycles. The predicted molar refractivity (Wildman–Crippen MR) is 99.8 cm³/mol. The minimum absolute atomic E-state index is 0.0782. The molecule has 1 atom stereocenters. The highest BCUT2D eigenvalue weighted by Gasteiger charge is 2.28. The molecule has 24 heavy (non-hydrogen) atoms. The Morgan fingerprint density at radius 2 is 1.71 bits per heavy atom. The van der Waals surface area contributed by atoms with Gasteiger partial charge < -0.3 is 10.2 Å². The van der Waals surface area contributed by atoms with Gasteiger partial charge in [-0.3, -0.25) is 9.59 Å². The van der Waals surface area contributed by atoms with E-state index in [1.54, 1.807) is 0 Å². The van der Waals surface area contributed by atoms with Crippen LogP contribution in [0.4, 0.5) is 0 Å². The zero-order chi connectivity index (χ0) is 18.0. The number of hydrogen-bond donors (Lipinski definition) is 1. The van der Waals surface area contributed by atoms with Crippen molar-refractivity contribution in [3.8, 4) is 0 Å². The largest absolute Gasteiger partial charge is 0.354 e. The summed E-state index contributed by atoms with van der Waals surface area (Å²) in [7, 11) is 0. The molecule has 140 valence electrons. The summed E-state index contributed by atoms with van der Waals surface area (Å²) in [6.07, 6.45) is 10.3. The molecular formula is C20H38N2O2. The van der Waals surface area contributed by atoms with E-state index in [-0.39, 0.29) is 23.3 Å². The highest BCUT2D eigenvalue weighted by atomic mass is 16.2. The van der Waals surface area contributed by atoms with Gasteiger partial charge in [-0.1, -0.05) is 46.5 Å². The van der Waals surface area contributed by atoms with E-state index in [4.69, 9.17) is 0 Å². The van der Waals surface area contributed by atoms with E-state index in [1.807, 2.05) is 18.7 Å². The molecule has 1 rings (SSSR count). The Kier molecular flexibility index (Phi) is 9.38. The summed E-state index contributed by atoms with van der Waals surface area (Å²) >= 11 is 0. The molecule has 4 nitrogen and oxygen atoms in total. The average molecular weight is 339 g/mol. The molecule has 0 aromatic carbocycles. The minimum atomic E-state index is -0.277. The number of carbonyl (C=O) groups excluding carboxylic acids is 2. The van der Waals surface area contributed by atoms with Gasteiger partial charge in [0, 0.05) is 32.0 Å². The second-order valence-electron chi connectivity index (χ2n) is 8.28. The Labute approximate surface area is 148 Å². The second-order valence-corrected chi connectivity index (χ2v) is 8.28. The molecule has 1 aliphatic rings. The summed E-state index contributed by atoms with van der Waals surface area (Å²) in [6, 6.07) is 0.225. The smallest absolute Gasteiger partial charge is 0.223 e. The molecule has 0 bridgehead atoms. The van der Waals surface area contributed by atoms with Crippen molar-refractivity contribution < 1.29 is 9.59 Å². The van der Waals surface area contributed by atoms with E-state index in [0.29, 0.717) is 12.8 Å². The number of piperidine rings is 1. The van der Waals surface area contributed by atoms with Gasteiger partial charge in [-0.2, -0.15) is 0 Å². The van der Waals surface area contributed by atoms with Gasteiger partial charge >= 0.3 is 0 Å². The van der Waals surface area contributed by atoms with Gasteiger partial charge in [0.25, 0.3) is 0 Å². The van der Waals surface area contributed by atoms with Gasteiger partial charge in [0.15, 0.2) is 0 Å². The number of unbranched alkanes of at least 4 members (excludes halogenated alkanes) is 3. The summed E-state index contributed by atoms with van der Waals surface area (Å²) in [5.41, 5.74) is -0.277. The fourth-order valence-electron chi connectivity index (χ4n) is 3.44. The van der Waals surface area contributed by atoms with Crippen molar-refractivity contribution in [3.63, 3.8) is 0 Å². The van der Waals surface area contributed by atoms with E-state index >= 15 is 0 Å². The molecule has 0 aromatic rings. The van der Waals surface area contributed by atoms with Crippen molar-refractivity contribution in [3.05, 3.63) is 0 Å². The lowest BCUT2D eigenvalue weighted by Gasteiger charge is -2.31. The molecule has 1 unspecified atom stereocenters. The first-order valence-corrected chi connectivity index (χ1v) is 9.91. The molecule has 1 heterocycles. The number of likely N-dealkylation sites (tertiary alicyclic amines) is 1. The van der Waals surface area contributed by atoms with Crippen molar-refractivity contribution >= 4 is 11.8 Å². The summed E-state index contributed by atoms with van der Waals surface area (Å²) in [5, 5.41) is 3.10. The lowest BCUT2D eigenvalue weighted by atomic mass is 9.84. The number of amides is 2. The quantitative estimate of drug-likeness (QED) is 0.604.